The number of amides is 1. The molecule has 0 atom stereocenters. The van der Waals surface area contributed by atoms with Gasteiger partial charge >= 0.3 is 0 Å². The zero-order valence-electron chi connectivity index (χ0n) is 21.3. The van der Waals surface area contributed by atoms with Gasteiger partial charge in [-0.15, -0.1) is 5.10 Å². The molecule has 0 fully saturated rings. The fraction of sp³-hybridized carbons (Fsp3) is 0.214. The zero-order valence-corrected chi connectivity index (χ0v) is 21.3. The number of hydrogen-bond donors (Lipinski definition) is 2. The molecule has 0 radical (unpaired) electrons. The molecule has 0 aliphatic carbocycles. The molecule has 10 heteroatoms. The van der Waals surface area contributed by atoms with Crippen LogP contribution in [0.2, 0.25) is 0 Å². The Kier molecular flexibility index (Phi) is 7.95. The normalized spacial score (nSPS) is 10.3. The van der Waals surface area contributed by atoms with Crippen LogP contribution in [-0.2, 0) is 13.1 Å². The third-order valence-corrected chi connectivity index (χ3v) is 5.68. The van der Waals surface area contributed by atoms with E-state index in [1.54, 1.807) is 41.2 Å². The predicted molar refractivity (Wildman–Crippen MR) is 141 cm³/mol. The highest BCUT2D eigenvalue weighted by Crippen LogP contribution is 2.33. The largest absolute Gasteiger partial charge is 0.456 e. The van der Waals surface area contributed by atoms with Gasteiger partial charge in [0.05, 0.1) is 43.4 Å². The van der Waals surface area contributed by atoms with Crippen molar-refractivity contribution in [2.24, 2.45) is 0 Å². The molecule has 0 saturated carbocycles. The fourth-order valence-corrected chi connectivity index (χ4v) is 3.93. The third-order valence-electron chi connectivity index (χ3n) is 5.68. The molecule has 38 heavy (non-hydrogen) atoms. The third kappa shape index (κ3) is 6.31. The van der Waals surface area contributed by atoms with Crippen molar-refractivity contribution in [1.29, 1.82) is 10.5 Å². The Morgan fingerprint density at radius 3 is 2.50 bits per heavy atom. The van der Waals surface area contributed by atoms with Crippen LogP contribution in [0, 0.1) is 43.4 Å². The quantitative estimate of drug-likeness (QED) is 0.328. The number of carbonyl (C=O) groups excluding carboxylic acids is 1. The molecule has 0 spiro atoms. The molecule has 0 bridgehead atoms. The Morgan fingerprint density at radius 2 is 1.82 bits per heavy atom. The lowest BCUT2D eigenvalue weighted by Crippen LogP contribution is -2.24. The first-order valence-electron chi connectivity index (χ1n) is 11.9. The lowest BCUT2D eigenvalue weighted by molar-refractivity contribution is 0.0947. The first-order chi connectivity index (χ1) is 18.4. The highest BCUT2D eigenvalue weighted by Gasteiger charge is 2.18. The van der Waals surface area contributed by atoms with Gasteiger partial charge in [-0.2, -0.15) is 10.5 Å². The number of nitrogens with one attached hydrogen (secondary N) is 2. The number of aromatic nitrogens is 4. The van der Waals surface area contributed by atoms with Crippen molar-refractivity contribution in [3.63, 3.8) is 0 Å². The second-order valence-electron chi connectivity index (χ2n) is 8.77. The minimum Gasteiger partial charge on any atom is -0.456 e. The van der Waals surface area contributed by atoms with Crippen molar-refractivity contribution in [3.8, 4) is 23.6 Å². The van der Waals surface area contributed by atoms with Crippen LogP contribution in [-0.4, -0.2) is 25.9 Å². The Hall–Kier alpha value is -5.22. The number of benzene rings is 2. The van der Waals surface area contributed by atoms with Crippen LogP contribution in [0.25, 0.3) is 0 Å². The number of ether oxygens (including phenoxy) is 1. The number of pyridine rings is 1. The van der Waals surface area contributed by atoms with Crippen LogP contribution in [0.5, 0.6) is 11.5 Å². The maximum Gasteiger partial charge on any atom is 0.256 e. The molecule has 0 saturated heterocycles. The van der Waals surface area contributed by atoms with E-state index >= 15 is 0 Å². The van der Waals surface area contributed by atoms with Gasteiger partial charge in [-0.25, -0.2) is 4.98 Å². The van der Waals surface area contributed by atoms with Gasteiger partial charge in [-0.1, -0.05) is 22.9 Å². The molecule has 2 N–H and O–H groups in total. The first-order valence-corrected chi connectivity index (χ1v) is 11.9. The molecule has 2 aromatic carbocycles. The maximum absolute atomic E-state index is 13.2. The number of carbonyl (C=O) groups is 1. The van der Waals surface area contributed by atoms with Crippen molar-refractivity contribution in [1.82, 2.24) is 25.3 Å². The summed E-state index contributed by atoms with van der Waals surface area (Å²) < 4.78 is 7.88. The smallest absolute Gasteiger partial charge is 0.256 e. The zero-order chi connectivity index (χ0) is 27.1. The Morgan fingerprint density at radius 1 is 1.08 bits per heavy atom. The Labute approximate surface area is 220 Å². The summed E-state index contributed by atoms with van der Waals surface area (Å²) in [6.07, 6.45) is 3.47. The van der Waals surface area contributed by atoms with Gasteiger partial charge < -0.3 is 15.4 Å². The number of nitrogens with zero attached hydrogens (tertiary/aromatic N) is 6. The summed E-state index contributed by atoms with van der Waals surface area (Å²) in [5, 5.41) is 31.8. The van der Waals surface area contributed by atoms with Crippen LogP contribution in [0.1, 0.15) is 44.7 Å². The van der Waals surface area contributed by atoms with Gasteiger partial charge in [0.15, 0.2) is 0 Å². The number of anilines is 2. The summed E-state index contributed by atoms with van der Waals surface area (Å²) in [7, 11) is 0. The van der Waals surface area contributed by atoms with Gasteiger partial charge in [-0.3, -0.25) is 9.48 Å². The minimum atomic E-state index is -0.383. The maximum atomic E-state index is 13.2. The average Bonchev–Trinajstić information content (AvgIpc) is 3.36. The van der Waals surface area contributed by atoms with E-state index < -0.39 is 0 Å². The van der Waals surface area contributed by atoms with Gasteiger partial charge in [0.25, 0.3) is 5.91 Å². The van der Waals surface area contributed by atoms with Crippen molar-refractivity contribution in [3.05, 3.63) is 88.4 Å². The van der Waals surface area contributed by atoms with Crippen molar-refractivity contribution in [2.45, 2.75) is 40.3 Å². The SMILES string of the molecule is Cc1cc(C)c(Oc2cc(Nc3ccc(C#N)cc3)ncc2C(=O)NCc2cn(CCC#N)nn2)c(C)c1. The molecule has 2 heterocycles. The van der Waals surface area contributed by atoms with E-state index in [9.17, 15) is 4.79 Å². The summed E-state index contributed by atoms with van der Waals surface area (Å²) >= 11 is 0. The topological polar surface area (TPSA) is 142 Å². The number of hydrogen-bond acceptors (Lipinski definition) is 8. The predicted octanol–water partition coefficient (Wildman–Crippen LogP) is 4.85. The van der Waals surface area contributed by atoms with Gasteiger partial charge in [-0.05, 0) is 56.2 Å². The molecular weight excluding hydrogens is 480 g/mol. The molecule has 0 aliphatic rings. The second-order valence-corrected chi connectivity index (χ2v) is 8.77. The van der Waals surface area contributed by atoms with Crippen molar-refractivity contribution >= 4 is 17.4 Å². The van der Waals surface area contributed by atoms with E-state index in [1.807, 2.05) is 32.9 Å². The van der Waals surface area contributed by atoms with Crippen LogP contribution in [0.15, 0.2) is 54.9 Å². The first kappa shape index (κ1) is 25.9. The van der Waals surface area contributed by atoms with Crippen LogP contribution >= 0.6 is 0 Å². The van der Waals surface area contributed by atoms with Crippen molar-refractivity contribution in [2.75, 3.05) is 5.32 Å². The van der Waals surface area contributed by atoms with E-state index in [0.29, 0.717) is 41.5 Å². The summed E-state index contributed by atoms with van der Waals surface area (Å²) in [6.45, 7) is 6.52. The molecule has 2 aromatic heterocycles. The van der Waals surface area contributed by atoms with E-state index in [-0.39, 0.29) is 18.0 Å². The molecule has 0 unspecified atom stereocenters. The van der Waals surface area contributed by atoms with Gasteiger partial charge in [0.2, 0.25) is 0 Å². The molecule has 0 aliphatic heterocycles. The molecule has 4 aromatic rings. The van der Waals surface area contributed by atoms with Crippen LogP contribution < -0.4 is 15.4 Å². The van der Waals surface area contributed by atoms with E-state index in [1.165, 1.54) is 6.20 Å². The lowest BCUT2D eigenvalue weighted by atomic mass is 10.1. The minimum absolute atomic E-state index is 0.151. The fourth-order valence-electron chi connectivity index (χ4n) is 3.93. The monoisotopic (exact) mass is 506 g/mol. The van der Waals surface area contributed by atoms with E-state index in [0.717, 1.165) is 22.4 Å². The summed E-state index contributed by atoms with van der Waals surface area (Å²) in [5.74, 6) is 1.09. The number of aryl methyl sites for hydroxylation is 4. The van der Waals surface area contributed by atoms with Crippen LogP contribution in [0.4, 0.5) is 11.5 Å². The lowest BCUT2D eigenvalue weighted by Gasteiger charge is -2.16. The Bertz CT molecular complexity index is 1520. The molecule has 10 nitrogen and oxygen atoms in total. The summed E-state index contributed by atoms with van der Waals surface area (Å²) in [6, 6.07) is 16.8. The molecular formula is C28H26N8O2. The number of rotatable bonds is 9. The second kappa shape index (κ2) is 11.7. The van der Waals surface area contributed by atoms with Crippen LogP contribution in [0.3, 0.4) is 0 Å². The Balaban J connectivity index is 1.59. The highest BCUT2D eigenvalue weighted by atomic mass is 16.5. The number of nitriles is 2. The highest BCUT2D eigenvalue weighted by molar-refractivity contribution is 5.97. The molecule has 4 rings (SSSR count). The molecule has 1 amide bonds. The molecule has 190 valence electrons. The van der Waals surface area contributed by atoms with Crippen molar-refractivity contribution < 1.29 is 9.53 Å². The average molecular weight is 507 g/mol. The van der Waals surface area contributed by atoms with Gasteiger partial charge in [0.1, 0.15) is 28.6 Å². The van der Waals surface area contributed by atoms with E-state index in [4.69, 9.17) is 15.3 Å². The summed E-state index contributed by atoms with van der Waals surface area (Å²) in [5.41, 5.74) is 5.12. The summed E-state index contributed by atoms with van der Waals surface area (Å²) in [4.78, 5) is 17.6. The van der Waals surface area contributed by atoms with E-state index in [2.05, 4.69) is 38.1 Å². The standard InChI is InChI=1S/C28H26N8O2/c1-18-11-19(2)27(20(3)12-18)38-25-13-26(33-22-7-5-21(14-30)6-8-22)31-16-24(25)28(37)32-15-23-17-36(35-34-23)10-4-9-29/h5-8,11-13,16-17H,4,10,15H2,1-3H3,(H,31,33)(H,32,37). The van der Waals surface area contributed by atoms with Gasteiger partial charge in [0, 0.05) is 18.0 Å².